The highest BCUT2D eigenvalue weighted by molar-refractivity contribution is 7.80. The van der Waals surface area contributed by atoms with E-state index in [4.69, 9.17) is 22.7 Å². The topological polar surface area (TPSA) is 60.2 Å². The third-order valence-electron chi connectivity index (χ3n) is 2.96. The molecule has 1 aromatic heterocycles. The summed E-state index contributed by atoms with van der Waals surface area (Å²) in [6.07, 6.45) is 0.935. The predicted molar refractivity (Wildman–Crippen MR) is 87.2 cm³/mol. The molecule has 0 aliphatic rings. The zero-order valence-corrected chi connectivity index (χ0v) is 12.4. The number of hydrogen-bond acceptors (Lipinski definition) is 4. The van der Waals surface area contributed by atoms with E-state index in [0.717, 1.165) is 48.5 Å². The van der Waals surface area contributed by atoms with Crippen LogP contribution in [-0.2, 0) is 4.74 Å². The zero-order valence-electron chi connectivity index (χ0n) is 11.6. The molecule has 0 radical (unpaired) electrons. The monoisotopic (exact) mass is 289 g/mol. The van der Waals surface area contributed by atoms with Crippen molar-refractivity contribution in [1.29, 1.82) is 0 Å². The van der Waals surface area contributed by atoms with Gasteiger partial charge in [-0.15, -0.1) is 0 Å². The van der Waals surface area contributed by atoms with Crippen molar-refractivity contribution in [3.63, 3.8) is 0 Å². The minimum Gasteiger partial charge on any atom is -0.389 e. The minimum absolute atomic E-state index is 0.390. The van der Waals surface area contributed by atoms with Gasteiger partial charge in [-0.1, -0.05) is 30.4 Å². The van der Waals surface area contributed by atoms with E-state index in [1.807, 2.05) is 37.3 Å². The first-order valence-electron chi connectivity index (χ1n) is 6.73. The average molecular weight is 289 g/mol. The van der Waals surface area contributed by atoms with E-state index in [1.54, 1.807) is 0 Å². The normalized spacial score (nSPS) is 10.7. The molecule has 0 bridgehead atoms. The second-order valence-corrected chi connectivity index (χ2v) is 4.85. The fourth-order valence-corrected chi connectivity index (χ4v) is 2.17. The molecule has 0 amide bonds. The number of thiocarbonyl (C=S) groups is 1. The third kappa shape index (κ3) is 3.65. The van der Waals surface area contributed by atoms with Gasteiger partial charge in [0.15, 0.2) is 0 Å². The van der Waals surface area contributed by atoms with Gasteiger partial charge in [-0.25, -0.2) is 4.98 Å². The smallest absolute Gasteiger partial charge is 0.127 e. The lowest BCUT2D eigenvalue weighted by molar-refractivity contribution is 0.147. The first-order valence-corrected chi connectivity index (χ1v) is 7.14. The van der Waals surface area contributed by atoms with E-state index in [0.29, 0.717) is 4.99 Å². The van der Waals surface area contributed by atoms with Crippen LogP contribution < -0.4 is 11.1 Å². The van der Waals surface area contributed by atoms with Crippen LogP contribution in [0.4, 0.5) is 5.82 Å². The van der Waals surface area contributed by atoms with Gasteiger partial charge in [0.1, 0.15) is 10.8 Å². The molecule has 5 heteroatoms. The standard InChI is InChI=1S/C15H19N3OS/c1-2-19-9-5-8-17-14-10-12(15(16)20)11-6-3-4-7-13(11)18-14/h3-4,6-7,10H,2,5,8-9H2,1H3,(H2,16,20)(H,17,18). The Morgan fingerprint density at radius 3 is 2.95 bits per heavy atom. The molecule has 106 valence electrons. The highest BCUT2D eigenvalue weighted by atomic mass is 32.1. The van der Waals surface area contributed by atoms with Gasteiger partial charge in [-0.05, 0) is 25.5 Å². The van der Waals surface area contributed by atoms with Gasteiger partial charge in [0, 0.05) is 30.7 Å². The summed E-state index contributed by atoms with van der Waals surface area (Å²) in [5.74, 6) is 0.794. The van der Waals surface area contributed by atoms with E-state index < -0.39 is 0 Å². The Bertz CT molecular complexity index is 601. The van der Waals surface area contributed by atoms with Crippen LogP contribution >= 0.6 is 12.2 Å². The van der Waals surface area contributed by atoms with Crippen molar-refractivity contribution in [1.82, 2.24) is 4.98 Å². The molecule has 4 nitrogen and oxygen atoms in total. The lowest BCUT2D eigenvalue weighted by atomic mass is 10.1. The molecular formula is C15H19N3OS. The SMILES string of the molecule is CCOCCCNc1cc(C(N)=S)c2ccccc2n1. The van der Waals surface area contributed by atoms with E-state index in [-0.39, 0.29) is 0 Å². The molecule has 1 heterocycles. The lowest BCUT2D eigenvalue weighted by Gasteiger charge is -2.10. The Balaban J connectivity index is 2.15. The van der Waals surface area contributed by atoms with Crippen molar-refractivity contribution in [3.05, 3.63) is 35.9 Å². The maximum absolute atomic E-state index is 5.80. The molecule has 0 aliphatic carbocycles. The molecule has 0 aliphatic heterocycles. The first kappa shape index (κ1) is 14.7. The summed E-state index contributed by atoms with van der Waals surface area (Å²) in [4.78, 5) is 4.96. The summed E-state index contributed by atoms with van der Waals surface area (Å²) in [6.45, 7) is 4.30. The number of pyridine rings is 1. The Morgan fingerprint density at radius 1 is 1.40 bits per heavy atom. The number of fused-ring (bicyclic) bond motifs is 1. The van der Waals surface area contributed by atoms with Crippen molar-refractivity contribution >= 4 is 33.9 Å². The summed E-state index contributed by atoms with van der Waals surface area (Å²) in [5, 5.41) is 4.27. The Hall–Kier alpha value is -1.72. The molecule has 0 saturated carbocycles. The summed E-state index contributed by atoms with van der Waals surface area (Å²) in [6, 6.07) is 9.77. The number of nitrogens with zero attached hydrogens (tertiary/aromatic N) is 1. The van der Waals surface area contributed by atoms with Crippen molar-refractivity contribution < 1.29 is 4.74 Å². The third-order valence-corrected chi connectivity index (χ3v) is 3.18. The van der Waals surface area contributed by atoms with Crippen LogP contribution in [0.15, 0.2) is 30.3 Å². The second kappa shape index (κ2) is 7.17. The van der Waals surface area contributed by atoms with Gasteiger partial charge in [-0.2, -0.15) is 0 Å². The van der Waals surface area contributed by atoms with Gasteiger partial charge in [-0.3, -0.25) is 0 Å². The highest BCUT2D eigenvalue weighted by Gasteiger charge is 2.07. The maximum Gasteiger partial charge on any atom is 0.127 e. The second-order valence-electron chi connectivity index (χ2n) is 4.41. The molecule has 2 aromatic rings. The van der Waals surface area contributed by atoms with Crippen LogP contribution in [0, 0.1) is 0 Å². The highest BCUT2D eigenvalue weighted by Crippen LogP contribution is 2.20. The number of benzene rings is 1. The molecule has 2 rings (SSSR count). The van der Waals surface area contributed by atoms with Gasteiger partial charge < -0.3 is 15.8 Å². The largest absolute Gasteiger partial charge is 0.389 e. The number of ether oxygens (including phenoxy) is 1. The van der Waals surface area contributed by atoms with Crippen LogP contribution in [0.5, 0.6) is 0 Å². The van der Waals surface area contributed by atoms with Crippen molar-refractivity contribution in [2.45, 2.75) is 13.3 Å². The number of para-hydroxylation sites is 1. The van der Waals surface area contributed by atoms with Crippen molar-refractivity contribution in [3.8, 4) is 0 Å². The molecular weight excluding hydrogens is 270 g/mol. The molecule has 0 saturated heterocycles. The fraction of sp³-hybridized carbons (Fsp3) is 0.333. The number of rotatable bonds is 7. The lowest BCUT2D eigenvalue weighted by Crippen LogP contribution is -2.12. The average Bonchev–Trinajstić information content (AvgIpc) is 2.46. The summed E-state index contributed by atoms with van der Waals surface area (Å²) in [5.41, 5.74) is 7.55. The quantitative estimate of drug-likeness (QED) is 0.606. The summed E-state index contributed by atoms with van der Waals surface area (Å²) >= 11 is 5.12. The Kier molecular flexibility index (Phi) is 5.26. The maximum atomic E-state index is 5.80. The van der Waals surface area contributed by atoms with Crippen LogP contribution in [0.25, 0.3) is 10.9 Å². The first-order chi connectivity index (χ1) is 9.72. The summed E-state index contributed by atoms with van der Waals surface area (Å²) < 4.78 is 5.30. The van der Waals surface area contributed by atoms with E-state index in [2.05, 4.69) is 10.3 Å². The van der Waals surface area contributed by atoms with E-state index in [9.17, 15) is 0 Å². The van der Waals surface area contributed by atoms with Crippen LogP contribution in [0.1, 0.15) is 18.9 Å². The molecule has 3 N–H and O–H groups in total. The summed E-state index contributed by atoms with van der Waals surface area (Å²) in [7, 11) is 0. The van der Waals surface area contributed by atoms with E-state index >= 15 is 0 Å². The molecule has 0 fully saturated rings. The minimum atomic E-state index is 0.390. The molecule has 20 heavy (non-hydrogen) atoms. The van der Waals surface area contributed by atoms with Crippen molar-refractivity contribution in [2.24, 2.45) is 5.73 Å². The molecule has 0 atom stereocenters. The zero-order chi connectivity index (χ0) is 14.4. The van der Waals surface area contributed by atoms with Gasteiger partial charge in [0.25, 0.3) is 0 Å². The van der Waals surface area contributed by atoms with Crippen molar-refractivity contribution in [2.75, 3.05) is 25.1 Å². The van der Waals surface area contributed by atoms with Crippen LogP contribution in [0.2, 0.25) is 0 Å². The molecule has 1 aromatic carbocycles. The number of nitrogens with two attached hydrogens (primary N) is 1. The number of anilines is 1. The van der Waals surface area contributed by atoms with Gasteiger partial charge >= 0.3 is 0 Å². The van der Waals surface area contributed by atoms with E-state index in [1.165, 1.54) is 0 Å². The van der Waals surface area contributed by atoms with Crippen LogP contribution in [-0.4, -0.2) is 29.7 Å². The molecule has 0 spiro atoms. The Labute approximate surface area is 124 Å². The fourth-order valence-electron chi connectivity index (χ4n) is 2.00. The van der Waals surface area contributed by atoms with Gasteiger partial charge in [0.05, 0.1) is 5.52 Å². The Morgan fingerprint density at radius 2 is 2.20 bits per heavy atom. The number of hydrogen-bond donors (Lipinski definition) is 2. The van der Waals surface area contributed by atoms with Gasteiger partial charge in [0.2, 0.25) is 0 Å². The van der Waals surface area contributed by atoms with Crippen LogP contribution in [0.3, 0.4) is 0 Å². The predicted octanol–water partition coefficient (Wildman–Crippen LogP) is 2.71. The number of aromatic nitrogens is 1. The number of nitrogens with one attached hydrogen (secondary N) is 1. The molecule has 0 unspecified atom stereocenters.